The quantitative estimate of drug-likeness (QED) is 0.615. The van der Waals surface area contributed by atoms with Gasteiger partial charge in [-0.15, -0.1) is 5.10 Å². The molecular weight excluding hydrogens is 152 g/mol. The van der Waals surface area contributed by atoms with E-state index < -0.39 is 0 Å². The number of aromatic nitrogens is 4. The van der Waals surface area contributed by atoms with Gasteiger partial charge in [0.25, 0.3) is 0 Å². The Morgan fingerprint density at radius 2 is 2.30 bits per heavy atom. The van der Waals surface area contributed by atoms with Crippen LogP contribution in [-0.2, 0) is 0 Å². The number of H-pyrrole nitrogens is 1. The highest BCUT2D eigenvalue weighted by atomic mass is 35.5. The lowest BCUT2D eigenvalue weighted by molar-refractivity contribution is 0.867. The molecule has 5 heteroatoms. The summed E-state index contributed by atoms with van der Waals surface area (Å²) in [7, 11) is 0. The van der Waals surface area contributed by atoms with Gasteiger partial charge in [-0.3, -0.25) is 10.1 Å². The molecule has 0 radical (unpaired) electrons. The molecule has 4 nitrogen and oxygen atoms in total. The van der Waals surface area contributed by atoms with Gasteiger partial charge in [0.1, 0.15) is 11.4 Å². The molecule has 2 aliphatic rings. The molecule has 2 heterocycles. The van der Waals surface area contributed by atoms with E-state index in [0.717, 1.165) is 11.4 Å². The van der Waals surface area contributed by atoms with Crippen molar-refractivity contribution in [1.29, 1.82) is 0 Å². The third kappa shape index (κ3) is 0.657. The highest BCUT2D eigenvalue weighted by molar-refractivity contribution is 6.33. The zero-order valence-electron chi connectivity index (χ0n) is 4.87. The molecule has 0 fully saturated rings. The molecule has 0 aliphatic carbocycles. The lowest BCUT2D eigenvalue weighted by atomic mass is 10.4. The number of aromatic amines is 1. The zero-order valence-corrected chi connectivity index (χ0v) is 5.63. The average molecular weight is 155 g/mol. The predicted molar refractivity (Wildman–Crippen MR) is 35.8 cm³/mol. The van der Waals surface area contributed by atoms with Crippen LogP contribution in [0.3, 0.4) is 0 Å². The van der Waals surface area contributed by atoms with Crippen molar-refractivity contribution in [3.8, 4) is 11.4 Å². The summed E-state index contributed by atoms with van der Waals surface area (Å²) in [6.45, 7) is 0. The minimum atomic E-state index is 0.574. The largest absolute Gasteiger partial charge is 0.256 e. The van der Waals surface area contributed by atoms with Crippen LogP contribution in [0.25, 0.3) is 11.4 Å². The number of hydrogen-bond acceptors (Lipinski definition) is 3. The van der Waals surface area contributed by atoms with Crippen LogP contribution in [0.2, 0.25) is 5.02 Å². The topological polar surface area (TPSA) is 54.5 Å². The van der Waals surface area contributed by atoms with Crippen molar-refractivity contribution in [2.75, 3.05) is 0 Å². The lowest BCUT2D eigenvalue weighted by Gasteiger charge is -1.91. The SMILES string of the molecule is Clc1cnc2cnn[nH]c1-2. The minimum Gasteiger partial charge on any atom is -0.256 e. The van der Waals surface area contributed by atoms with Crippen LogP contribution in [0, 0.1) is 0 Å². The Kier molecular flexibility index (Phi) is 1.07. The van der Waals surface area contributed by atoms with Gasteiger partial charge in [0.2, 0.25) is 0 Å². The van der Waals surface area contributed by atoms with E-state index in [1.165, 1.54) is 0 Å². The summed E-state index contributed by atoms with van der Waals surface area (Å²) < 4.78 is 0. The second kappa shape index (κ2) is 1.91. The van der Waals surface area contributed by atoms with E-state index in [0.29, 0.717) is 5.02 Å². The first-order valence-electron chi connectivity index (χ1n) is 2.68. The van der Waals surface area contributed by atoms with Crippen molar-refractivity contribution in [2.45, 2.75) is 0 Å². The van der Waals surface area contributed by atoms with E-state index in [-0.39, 0.29) is 0 Å². The molecule has 0 saturated heterocycles. The van der Waals surface area contributed by atoms with Gasteiger partial charge in [-0.05, 0) is 0 Å². The van der Waals surface area contributed by atoms with E-state index in [1.807, 2.05) is 0 Å². The zero-order chi connectivity index (χ0) is 6.97. The van der Waals surface area contributed by atoms with Crippen molar-refractivity contribution in [2.24, 2.45) is 0 Å². The third-order valence-corrected chi connectivity index (χ3v) is 1.50. The normalized spacial score (nSPS) is 10.5. The summed E-state index contributed by atoms with van der Waals surface area (Å²) in [5.41, 5.74) is 1.47. The first-order chi connectivity index (χ1) is 4.88. The third-order valence-electron chi connectivity index (χ3n) is 1.21. The Bertz CT molecular complexity index is 318. The van der Waals surface area contributed by atoms with Crippen LogP contribution in [0.5, 0.6) is 0 Å². The second-order valence-corrected chi connectivity index (χ2v) is 2.23. The van der Waals surface area contributed by atoms with Gasteiger partial charge in [-0.2, -0.15) is 0 Å². The molecule has 2 rings (SSSR count). The molecule has 2 aliphatic heterocycles. The van der Waals surface area contributed by atoms with Gasteiger partial charge in [-0.1, -0.05) is 16.8 Å². The Hall–Kier alpha value is -1.16. The smallest absolute Gasteiger partial charge is 0.110 e. The first kappa shape index (κ1) is 5.61. The van der Waals surface area contributed by atoms with Crippen LogP contribution < -0.4 is 0 Å². The molecule has 0 aromatic heterocycles. The monoisotopic (exact) mass is 154 g/mol. The Balaban J connectivity index is 2.78. The maximum atomic E-state index is 5.71. The molecule has 50 valence electrons. The maximum absolute atomic E-state index is 5.71. The van der Waals surface area contributed by atoms with Crippen molar-refractivity contribution in [1.82, 2.24) is 20.4 Å². The molecule has 0 spiro atoms. The van der Waals surface area contributed by atoms with Gasteiger partial charge in [-0.25, -0.2) is 0 Å². The van der Waals surface area contributed by atoms with E-state index in [2.05, 4.69) is 20.4 Å². The van der Waals surface area contributed by atoms with Gasteiger partial charge in [0.15, 0.2) is 0 Å². The van der Waals surface area contributed by atoms with Gasteiger partial charge in [0, 0.05) is 6.20 Å². The summed E-state index contributed by atoms with van der Waals surface area (Å²) in [5, 5.41) is 10.4. The maximum Gasteiger partial charge on any atom is 0.110 e. The average Bonchev–Trinajstić information content (AvgIpc) is 2.34. The number of nitrogens with zero attached hydrogens (tertiary/aromatic N) is 3. The van der Waals surface area contributed by atoms with Crippen LogP contribution in [-0.4, -0.2) is 20.4 Å². The Morgan fingerprint density at radius 3 is 3.10 bits per heavy atom. The summed E-state index contributed by atoms with van der Waals surface area (Å²) in [6.07, 6.45) is 3.11. The number of fused-ring (bicyclic) bond motifs is 1. The fourth-order valence-corrected chi connectivity index (χ4v) is 0.937. The highest BCUT2D eigenvalue weighted by Crippen LogP contribution is 2.24. The van der Waals surface area contributed by atoms with Crippen LogP contribution in [0.1, 0.15) is 0 Å². The molecule has 0 atom stereocenters. The lowest BCUT2D eigenvalue weighted by Crippen LogP contribution is -1.89. The standard InChI is InChI=1S/C5H3ClN4/c6-3-1-7-4-2-8-10-9-5(3)4/h1-2H,(H,8,9). The fourth-order valence-electron chi connectivity index (χ4n) is 0.749. The number of hydrogen-bond donors (Lipinski definition) is 1. The summed E-state index contributed by atoms with van der Waals surface area (Å²) in [6, 6.07) is 0. The first-order valence-corrected chi connectivity index (χ1v) is 3.06. The number of rotatable bonds is 0. The molecule has 0 unspecified atom stereocenters. The number of nitrogens with one attached hydrogen (secondary N) is 1. The predicted octanol–water partition coefficient (Wildman–Crippen LogP) is 0.958. The fraction of sp³-hybridized carbons (Fsp3) is 0. The van der Waals surface area contributed by atoms with Gasteiger partial charge in [0.05, 0.1) is 11.2 Å². The second-order valence-electron chi connectivity index (χ2n) is 1.82. The van der Waals surface area contributed by atoms with Gasteiger partial charge < -0.3 is 0 Å². The van der Waals surface area contributed by atoms with E-state index in [9.17, 15) is 0 Å². The number of halogens is 1. The van der Waals surface area contributed by atoms with Gasteiger partial charge >= 0.3 is 0 Å². The summed E-state index contributed by atoms with van der Waals surface area (Å²) in [5.74, 6) is 0. The highest BCUT2D eigenvalue weighted by Gasteiger charge is 2.08. The minimum absolute atomic E-state index is 0.574. The van der Waals surface area contributed by atoms with Crippen molar-refractivity contribution in [3.05, 3.63) is 17.4 Å². The molecule has 1 N–H and O–H groups in total. The Labute approximate surface area is 61.6 Å². The molecule has 0 aromatic carbocycles. The molecule has 10 heavy (non-hydrogen) atoms. The Morgan fingerprint density at radius 1 is 1.40 bits per heavy atom. The molecule has 0 saturated carbocycles. The van der Waals surface area contributed by atoms with E-state index in [4.69, 9.17) is 11.6 Å². The summed E-state index contributed by atoms with van der Waals surface area (Å²) >= 11 is 5.71. The summed E-state index contributed by atoms with van der Waals surface area (Å²) in [4.78, 5) is 3.95. The van der Waals surface area contributed by atoms with Crippen molar-refractivity contribution in [3.63, 3.8) is 0 Å². The molecule has 0 amide bonds. The van der Waals surface area contributed by atoms with Crippen LogP contribution in [0.15, 0.2) is 12.4 Å². The van der Waals surface area contributed by atoms with Crippen LogP contribution in [0.4, 0.5) is 0 Å². The van der Waals surface area contributed by atoms with E-state index in [1.54, 1.807) is 12.4 Å². The van der Waals surface area contributed by atoms with Crippen molar-refractivity contribution < 1.29 is 0 Å². The van der Waals surface area contributed by atoms with Crippen molar-refractivity contribution >= 4 is 11.6 Å². The van der Waals surface area contributed by atoms with Crippen LogP contribution >= 0.6 is 11.6 Å². The van der Waals surface area contributed by atoms with E-state index >= 15 is 0 Å². The molecule has 0 aromatic rings. The molecule has 0 bridgehead atoms. The molecular formula is C5H3ClN4.